The monoisotopic (exact) mass is 401 g/mol. The minimum Gasteiger partial charge on any atom is -0.484 e. The molecule has 0 aliphatic heterocycles. The zero-order chi connectivity index (χ0) is 20.8. The number of hydrogen-bond donors (Lipinski definition) is 1. The predicted octanol–water partition coefficient (Wildman–Crippen LogP) is 4.87. The van der Waals surface area contributed by atoms with Gasteiger partial charge < -0.3 is 18.9 Å². The second-order valence-electron chi connectivity index (χ2n) is 6.47. The fourth-order valence-corrected chi connectivity index (χ4v) is 2.74. The Hall–Kier alpha value is -4.13. The molecule has 0 unspecified atom stereocenters. The largest absolute Gasteiger partial charge is 0.484 e. The third-order valence-electron chi connectivity index (χ3n) is 4.27. The zero-order valence-electron chi connectivity index (χ0n) is 16.2. The van der Waals surface area contributed by atoms with Gasteiger partial charge in [0.25, 0.3) is 5.89 Å². The summed E-state index contributed by atoms with van der Waals surface area (Å²) in [6.45, 7) is 2.14. The number of aromatic nitrogens is 2. The van der Waals surface area contributed by atoms with Crippen molar-refractivity contribution in [3.05, 3.63) is 90.2 Å². The molecule has 4 rings (SSSR count). The first-order valence-electron chi connectivity index (χ1n) is 9.31. The van der Waals surface area contributed by atoms with Gasteiger partial charge in [-0.2, -0.15) is 0 Å². The fraction of sp³-hybridized carbons (Fsp3) is 0.0870. The molecule has 1 N–H and O–H groups in total. The molecular formula is C23H19N3O4. The Labute approximate surface area is 173 Å². The van der Waals surface area contributed by atoms with Crippen LogP contribution in [-0.2, 0) is 11.4 Å². The third-order valence-corrected chi connectivity index (χ3v) is 4.27. The van der Waals surface area contributed by atoms with Crippen molar-refractivity contribution in [3.8, 4) is 17.2 Å². The Kier molecular flexibility index (Phi) is 5.70. The first-order chi connectivity index (χ1) is 14.7. The average Bonchev–Trinajstić information content (AvgIpc) is 3.44. The van der Waals surface area contributed by atoms with E-state index in [-0.39, 0.29) is 12.5 Å². The molecule has 0 spiro atoms. The summed E-state index contributed by atoms with van der Waals surface area (Å²) in [5, 5.41) is 10.9. The van der Waals surface area contributed by atoms with Crippen molar-refractivity contribution in [1.82, 2.24) is 10.2 Å². The van der Waals surface area contributed by atoms with E-state index < -0.39 is 0 Å². The molecule has 0 saturated carbocycles. The molecule has 0 fully saturated rings. The number of furan rings is 1. The van der Waals surface area contributed by atoms with Crippen molar-refractivity contribution in [3.63, 3.8) is 0 Å². The van der Waals surface area contributed by atoms with E-state index in [2.05, 4.69) is 15.5 Å². The molecule has 0 aliphatic rings. The highest BCUT2D eigenvalue weighted by Gasteiger charge is 2.11. The van der Waals surface area contributed by atoms with E-state index in [1.807, 2.05) is 31.2 Å². The molecule has 7 nitrogen and oxygen atoms in total. The van der Waals surface area contributed by atoms with Crippen molar-refractivity contribution in [2.75, 3.05) is 5.32 Å². The molecule has 0 radical (unpaired) electrons. The molecule has 2 aromatic heterocycles. The average molecular weight is 401 g/mol. The van der Waals surface area contributed by atoms with Crippen LogP contribution in [0.5, 0.6) is 5.75 Å². The minimum atomic E-state index is -0.255. The Balaban J connectivity index is 1.31. The highest BCUT2D eigenvalue weighted by Crippen LogP contribution is 2.22. The Morgan fingerprint density at radius 3 is 2.67 bits per heavy atom. The molecule has 150 valence electrons. The van der Waals surface area contributed by atoms with Crippen LogP contribution in [0.3, 0.4) is 0 Å². The molecule has 2 aromatic carbocycles. The van der Waals surface area contributed by atoms with Crippen LogP contribution < -0.4 is 10.1 Å². The zero-order valence-corrected chi connectivity index (χ0v) is 16.2. The van der Waals surface area contributed by atoms with Crippen LogP contribution >= 0.6 is 0 Å². The Morgan fingerprint density at radius 2 is 1.90 bits per heavy atom. The Morgan fingerprint density at radius 1 is 1.07 bits per heavy atom. The minimum absolute atomic E-state index is 0.149. The van der Waals surface area contributed by atoms with Crippen LogP contribution in [0.25, 0.3) is 17.5 Å². The fourth-order valence-electron chi connectivity index (χ4n) is 2.74. The normalized spacial score (nSPS) is 11.0. The number of carbonyl (C=O) groups is 1. The summed E-state index contributed by atoms with van der Waals surface area (Å²) >= 11 is 0. The first kappa shape index (κ1) is 19.2. The quantitative estimate of drug-likeness (QED) is 0.444. The highest BCUT2D eigenvalue weighted by molar-refractivity contribution is 6.01. The summed E-state index contributed by atoms with van der Waals surface area (Å²) in [6, 6.07) is 18.3. The lowest BCUT2D eigenvalue weighted by Gasteiger charge is -2.06. The van der Waals surface area contributed by atoms with Gasteiger partial charge in [0.05, 0.1) is 6.26 Å². The van der Waals surface area contributed by atoms with Gasteiger partial charge in [0.1, 0.15) is 11.5 Å². The molecule has 1 amide bonds. The maximum Gasteiger partial charge on any atom is 0.254 e. The smallest absolute Gasteiger partial charge is 0.254 e. The number of carbonyl (C=O) groups excluding carboxylic acids is 1. The van der Waals surface area contributed by atoms with Crippen LogP contribution in [0.1, 0.15) is 17.2 Å². The highest BCUT2D eigenvalue weighted by atomic mass is 16.5. The number of nitrogens with zero attached hydrogens (tertiary/aromatic N) is 2. The SMILES string of the molecule is Cc1ccccc1-c1nnc(COc2ccc(NC(=O)C=Cc3ccco3)cc2)o1. The Bertz CT molecular complexity index is 1150. The van der Waals surface area contributed by atoms with Gasteiger partial charge in [-0.05, 0) is 61.0 Å². The van der Waals surface area contributed by atoms with Gasteiger partial charge in [-0.15, -0.1) is 10.2 Å². The summed E-state index contributed by atoms with van der Waals surface area (Å²) in [5.74, 6) is 1.82. The van der Waals surface area contributed by atoms with Gasteiger partial charge >= 0.3 is 0 Å². The molecule has 0 atom stereocenters. The number of nitrogens with one attached hydrogen (secondary N) is 1. The molecule has 30 heavy (non-hydrogen) atoms. The number of hydrogen-bond acceptors (Lipinski definition) is 6. The van der Waals surface area contributed by atoms with Crippen molar-refractivity contribution in [2.45, 2.75) is 13.5 Å². The van der Waals surface area contributed by atoms with Crippen molar-refractivity contribution in [1.29, 1.82) is 0 Å². The topological polar surface area (TPSA) is 90.4 Å². The summed E-state index contributed by atoms with van der Waals surface area (Å²) < 4.78 is 16.5. The lowest BCUT2D eigenvalue weighted by molar-refractivity contribution is -0.111. The van der Waals surface area contributed by atoms with Crippen LogP contribution in [0.2, 0.25) is 0 Å². The van der Waals surface area contributed by atoms with Crippen molar-refractivity contribution in [2.24, 2.45) is 0 Å². The molecule has 0 bridgehead atoms. The number of ether oxygens (including phenoxy) is 1. The van der Waals surface area contributed by atoms with E-state index in [0.29, 0.717) is 29.0 Å². The summed E-state index contributed by atoms with van der Waals surface area (Å²) in [5.41, 5.74) is 2.61. The van der Waals surface area contributed by atoms with Gasteiger partial charge in [-0.25, -0.2) is 0 Å². The standard InChI is InChI=1S/C23H19N3O4/c1-16-5-2-3-7-20(16)23-26-25-22(30-23)15-29-19-10-8-17(9-11-19)24-21(27)13-12-18-6-4-14-28-18/h2-14H,15H2,1H3,(H,24,27). The van der Waals surface area contributed by atoms with Crippen LogP contribution in [0, 0.1) is 6.92 Å². The second kappa shape index (κ2) is 8.91. The van der Waals surface area contributed by atoms with Gasteiger partial charge in [0, 0.05) is 17.3 Å². The van der Waals surface area contributed by atoms with E-state index in [1.165, 1.54) is 6.08 Å². The predicted molar refractivity (Wildman–Crippen MR) is 112 cm³/mol. The maximum absolute atomic E-state index is 11.9. The van der Waals surface area contributed by atoms with E-state index in [1.54, 1.807) is 48.7 Å². The van der Waals surface area contributed by atoms with Crippen molar-refractivity contribution < 1.29 is 18.4 Å². The summed E-state index contributed by atoms with van der Waals surface area (Å²) in [4.78, 5) is 11.9. The molecule has 7 heteroatoms. The maximum atomic E-state index is 11.9. The third kappa shape index (κ3) is 4.82. The lowest BCUT2D eigenvalue weighted by Crippen LogP contribution is -2.07. The number of amides is 1. The van der Waals surface area contributed by atoms with Crippen molar-refractivity contribution >= 4 is 17.7 Å². The van der Waals surface area contributed by atoms with E-state index in [4.69, 9.17) is 13.6 Å². The van der Waals surface area contributed by atoms with Crippen LogP contribution in [0.4, 0.5) is 5.69 Å². The van der Waals surface area contributed by atoms with Gasteiger partial charge in [-0.1, -0.05) is 18.2 Å². The molecular weight excluding hydrogens is 382 g/mol. The van der Waals surface area contributed by atoms with E-state index >= 15 is 0 Å². The number of anilines is 1. The summed E-state index contributed by atoms with van der Waals surface area (Å²) in [7, 11) is 0. The van der Waals surface area contributed by atoms with E-state index in [9.17, 15) is 4.79 Å². The number of benzene rings is 2. The molecule has 4 aromatic rings. The second-order valence-corrected chi connectivity index (χ2v) is 6.47. The molecule has 0 aliphatic carbocycles. The van der Waals surface area contributed by atoms with Gasteiger partial charge in [0.15, 0.2) is 6.61 Å². The van der Waals surface area contributed by atoms with E-state index in [0.717, 1.165) is 11.1 Å². The summed E-state index contributed by atoms with van der Waals surface area (Å²) in [6.07, 6.45) is 4.56. The van der Waals surface area contributed by atoms with Gasteiger partial charge in [0.2, 0.25) is 11.8 Å². The lowest BCUT2D eigenvalue weighted by atomic mass is 10.1. The van der Waals surface area contributed by atoms with Crippen LogP contribution in [0.15, 0.2) is 81.8 Å². The number of rotatable bonds is 7. The van der Waals surface area contributed by atoms with Crippen LogP contribution in [-0.4, -0.2) is 16.1 Å². The molecule has 0 saturated heterocycles. The van der Waals surface area contributed by atoms with Gasteiger partial charge in [-0.3, -0.25) is 4.79 Å². The molecule has 2 heterocycles. The first-order valence-corrected chi connectivity index (χ1v) is 9.31. The number of aryl methyl sites for hydroxylation is 1.